The maximum atomic E-state index is 5.82. The minimum Gasteiger partial charge on any atom is -0.491 e. The fourth-order valence-corrected chi connectivity index (χ4v) is 5.21. The quantitative estimate of drug-likeness (QED) is 0.198. The lowest BCUT2D eigenvalue weighted by Gasteiger charge is -2.10. The average Bonchev–Trinajstić information content (AvgIpc) is 3.19. The highest BCUT2D eigenvalue weighted by molar-refractivity contribution is 5.65. The molecule has 0 aromatic heterocycles. The first-order valence-corrected chi connectivity index (χ1v) is 18.1. The van der Waals surface area contributed by atoms with Gasteiger partial charge in [-0.3, -0.25) is 0 Å². The summed E-state index contributed by atoms with van der Waals surface area (Å²) in [5, 5.41) is 0. The highest BCUT2D eigenvalue weighted by atomic mass is 16.6. The Labute approximate surface area is 307 Å². The van der Waals surface area contributed by atoms with Crippen LogP contribution in [0.15, 0.2) is 97.1 Å². The minimum atomic E-state index is 0.467. The van der Waals surface area contributed by atoms with Crippen molar-refractivity contribution in [1.29, 1.82) is 0 Å². The second kappa shape index (κ2) is 24.4. The smallest absolute Gasteiger partial charge is 0.119 e. The van der Waals surface area contributed by atoms with Crippen LogP contribution in [0.2, 0.25) is 0 Å². The van der Waals surface area contributed by atoms with Gasteiger partial charge in [0.1, 0.15) is 24.7 Å². The predicted octanol–water partition coefficient (Wildman–Crippen LogP) is 6.62. The van der Waals surface area contributed by atoms with Crippen LogP contribution < -0.4 is 9.47 Å². The highest BCUT2D eigenvalue weighted by Gasteiger charge is 2.03. The van der Waals surface area contributed by atoms with E-state index in [2.05, 4.69) is 48.5 Å². The van der Waals surface area contributed by atoms with E-state index in [0.717, 1.165) is 44.9 Å². The number of hydrogen-bond acceptors (Lipinski definition) is 10. The summed E-state index contributed by atoms with van der Waals surface area (Å²) < 4.78 is 56.9. The van der Waals surface area contributed by atoms with Gasteiger partial charge in [-0.1, -0.05) is 72.8 Å². The fraction of sp³-hybridized carbons (Fsp3) is 0.429. The highest BCUT2D eigenvalue weighted by Crippen LogP contribution is 2.25. The van der Waals surface area contributed by atoms with Crippen LogP contribution in [0.4, 0.5) is 0 Å². The Hall–Kier alpha value is -3.84. The molecule has 280 valence electrons. The van der Waals surface area contributed by atoms with Gasteiger partial charge in [-0.05, 0) is 57.6 Å². The van der Waals surface area contributed by atoms with Crippen LogP contribution in [0, 0.1) is 0 Å². The molecule has 0 saturated carbocycles. The number of rotatable bonds is 0. The molecule has 10 aliphatic heterocycles. The number of benzene rings is 4. The Morgan fingerprint density at radius 1 is 0.231 bits per heavy atom. The molecule has 14 rings (SSSR count). The van der Waals surface area contributed by atoms with E-state index in [1.165, 1.54) is 0 Å². The maximum Gasteiger partial charge on any atom is 0.119 e. The van der Waals surface area contributed by atoms with E-state index >= 15 is 0 Å². The van der Waals surface area contributed by atoms with Gasteiger partial charge in [0.05, 0.1) is 106 Å². The van der Waals surface area contributed by atoms with Crippen LogP contribution in [0.3, 0.4) is 0 Å². The van der Waals surface area contributed by atoms with Crippen LogP contribution in [0.5, 0.6) is 11.5 Å². The summed E-state index contributed by atoms with van der Waals surface area (Å²) >= 11 is 0. The van der Waals surface area contributed by atoms with Gasteiger partial charge in [0.15, 0.2) is 0 Å². The van der Waals surface area contributed by atoms with E-state index in [9.17, 15) is 0 Å². The van der Waals surface area contributed by atoms with Crippen molar-refractivity contribution in [2.24, 2.45) is 0 Å². The lowest BCUT2D eigenvalue weighted by Crippen LogP contribution is -2.13. The number of hydrogen-bond donors (Lipinski definition) is 0. The normalized spacial score (nSPS) is 17.8. The largest absolute Gasteiger partial charge is 0.491 e. The molecule has 0 aliphatic carbocycles. The van der Waals surface area contributed by atoms with Crippen molar-refractivity contribution < 1.29 is 47.4 Å². The standard InChI is InChI=1S/C42H52O10/c1-5-37-6-2-35(1)33-49-27-25-45-19-17-43-21-23-47-29-31-51-41-13-9-39(10-14-41)40-11-15-42(16-12-40)52-32-30-48-24-22-44-18-20-46-26-28-50-34-36-3-7-38(37)8-4-36/h1-16H,17-34H2. The Bertz CT molecular complexity index is 1250. The second-order valence-corrected chi connectivity index (χ2v) is 11.9. The summed E-state index contributed by atoms with van der Waals surface area (Å²) in [4.78, 5) is 0. The molecule has 0 spiro atoms. The van der Waals surface area contributed by atoms with E-state index in [0.29, 0.717) is 119 Å². The fourth-order valence-electron chi connectivity index (χ4n) is 5.21. The molecule has 0 fully saturated rings. The van der Waals surface area contributed by atoms with Crippen LogP contribution in [-0.4, -0.2) is 106 Å². The molecule has 10 nitrogen and oxygen atoms in total. The Balaban J connectivity index is 1.00. The molecule has 52 heavy (non-hydrogen) atoms. The molecule has 0 unspecified atom stereocenters. The van der Waals surface area contributed by atoms with Gasteiger partial charge < -0.3 is 47.4 Å². The van der Waals surface area contributed by atoms with E-state index < -0.39 is 0 Å². The van der Waals surface area contributed by atoms with Crippen molar-refractivity contribution >= 4 is 0 Å². The summed E-state index contributed by atoms with van der Waals surface area (Å²) in [6.45, 7) is 9.14. The zero-order chi connectivity index (χ0) is 35.7. The topological polar surface area (TPSA) is 92.3 Å². The van der Waals surface area contributed by atoms with Crippen molar-refractivity contribution in [2.75, 3.05) is 106 Å². The Kier molecular flexibility index (Phi) is 18.5. The summed E-state index contributed by atoms with van der Waals surface area (Å²) in [6.07, 6.45) is 0. The van der Waals surface area contributed by atoms with Gasteiger partial charge in [0, 0.05) is 0 Å². The minimum absolute atomic E-state index is 0.467. The molecule has 0 radical (unpaired) electrons. The zero-order valence-corrected chi connectivity index (χ0v) is 30.0. The van der Waals surface area contributed by atoms with E-state index in [4.69, 9.17) is 47.4 Å². The first kappa shape index (κ1) is 39.4. The lowest BCUT2D eigenvalue weighted by atomic mass is 10.0. The van der Waals surface area contributed by atoms with Crippen molar-refractivity contribution in [1.82, 2.24) is 0 Å². The van der Waals surface area contributed by atoms with E-state index in [1.807, 2.05) is 48.5 Å². The molecule has 8 bridgehead atoms. The summed E-state index contributed by atoms with van der Waals surface area (Å²) in [7, 11) is 0. The van der Waals surface area contributed by atoms with Gasteiger partial charge in [0.25, 0.3) is 0 Å². The molecule has 0 N–H and O–H groups in total. The molecular weight excluding hydrogens is 664 g/mol. The van der Waals surface area contributed by atoms with Gasteiger partial charge in [-0.2, -0.15) is 0 Å². The van der Waals surface area contributed by atoms with E-state index in [-0.39, 0.29) is 0 Å². The molecular formula is C42H52O10. The lowest BCUT2D eigenvalue weighted by molar-refractivity contribution is -0.00660. The second-order valence-electron chi connectivity index (χ2n) is 11.9. The molecule has 10 heteroatoms. The van der Waals surface area contributed by atoms with Crippen molar-refractivity contribution in [3.63, 3.8) is 0 Å². The third kappa shape index (κ3) is 15.4. The molecule has 10 heterocycles. The summed E-state index contributed by atoms with van der Waals surface area (Å²) in [6, 6.07) is 32.9. The van der Waals surface area contributed by atoms with Crippen molar-refractivity contribution in [3.8, 4) is 33.8 Å². The Morgan fingerprint density at radius 3 is 0.750 bits per heavy atom. The number of ether oxygens (including phenoxy) is 10. The Morgan fingerprint density at radius 2 is 0.462 bits per heavy atom. The van der Waals surface area contributed by atoms with Crippen LogP contribution in [0.25, 0.3) is 22.3 Å². The van der Waals surface area contributed by atoms with Gasteiger partial charge in [-0.25, -0.2) is 0 Å². The van der Waals surface area contributed by atoms with Gasteiger partial charge in [0.2, 0.25) is 0 Å². The molecule has 4 aromatic rings. The van der Waals surface area contributed by atoms with Crippen LogP contribution in [-0.2, 0) is 51.1 Å². The van der Waals surface area contributed by atoms with Crippen LogP contribution >= 0.6 is 0 Å². The third-order valence-electron chi connectivity index (χ3n) is 8.05. The monoisotopic (exact) mass is 716 g/mol. The molecule has 0 atom stereocenters. The summed E-state index contributed by atoms with van der Waals surface area (Å²) in [5.41, 5.74) is 6.76. The van der Waals surface area contributed by atoms with Crippen LogP contribution in [0.1, 0.15) is 11.1 Å². The first-order valence-electron chi connectivity index (χ1n) is 18.1. The first-order chi connectivity index (χ1) is 25.8. The molecule has 10 aliphatic rings. The molecule has 4 aromatic carbocycles. The molecule has 0 saturated heterocycles. The zero-order valence-electron chi connectivity index (χ0n) is 30.0. The van der Waals surface area contributed by atoms with E-state index in [1.54, 1.807) is 0 Å². The van der Waals surface area contributed by atoms with Crippen molar-refractivity contribution in [2.45, 2.75) is 13.2 Å². The third-order valence-corrected chi connectivity index (χ3v) is 8.05. The van der Waals surface area contributed by atoms with Crippen molar-refractivity contribution in [3.05, 3.63) is 108 Å². The average molecular weight is 717 g/mol. The maximum absolute atomic E-state index is 5.82. The van der Waals surface area contributed by atoms with Gasteiger partial charge in [-0.15, -0.1) is 0 Å². The predicted molar refractivity (Wildman–Crippen MR) is 199 cm³/mol. The molecule has 0 amide bonds. The summed E-state index contributed by atoms with van der Waals surface area (Å²) in [5.74, 6) is 1.60. The SMILES string of the molecule is c1cc2ccc1COCCOCCOCCOCCOc1ccc(cc1)-c1ccc(cc1)OCCOCCOCCOCCOCc1ccc-2cc1. The van der Waals surface area contributed by atoms with Gasteiger partial charge >= 0.3 is 0 Å².